The van der Waals surface area contributed by atoms with Crippen LogP contribution in [0, 0.1) is 6.92 Å². The van der Waals surface area contributed by atoms with Crippen molar-refractivity contribution in [2.45, 2.75) is 59.1 Å². The third kappa shape index (κ3) is 6.16. The third-order valence-corrected chi connectivity index (χ3v) is 7.44. The maximum Gasteiger partial charge on any atom is 0.119 e. The highest BCUT2D eigenvalue weighted by Crippen LogP contribution is 2.36. The molecule has 1 aromatic heterocycles. The number of nitrogens with zero attached hydrogens (tertiary/aromatic N) is 2. The Morgan fingerprint density at radius 3 is 2.21 bits per heavy atom. The number of aromatic hydroxyl groups is 1. The Kier molecular flexibility index (Phi) is 8.23. The van der Waals surface area contributed by atoms with Gasteiger partial charge in [0.2, 0.25) is 0 Å². The average molecular weight is 513 g/mol. The number of aryl methyl sites for hydroxylation is 1. The summed E-state index contributed by atoms with van der Waals surface area (Å²) in [5.41, 5.74) is 5.75. The standard InChI is InChI=1S/C33H40N2O3/c1-24(2)38-30-15-10-27(11-16-30)33-25(3)31-22-28(36)12-17-32(31)35(33)23-26-8-13-29(14-9-26)37-21-20-34-18-6-4-5-7-19-34/h8-17,22,24,36H,4-7,18-21,23H2,1-3H3. The van der Waals surface area contributed by atoms with Crippen LogP contribution in [0.1, 0.15) is 50.7 Å². The molecule has 2 heterocycles. The lowest BCUT2D eigenvalue weighted by molar-refractivity contribution is 0.214. The van der Waals surface area contributed by atoms with Gasteiger partial charge in [0.15, 0.2) is 0 Å². The molecule has 1 N–H and O–H groups in total. The summed E-state index contributed by atoms with van der Waals surface area (Å²) in [6.45, 7) is 11.0. The Morgan fingerprint density at radius 1 is 0.842 bits per heavy atom. The van der Waals surface area contributed by atoms with Gasteiger partial charge in [-0.05, 0) is 118 Å². The molecule has 0 radical (unpaired) electrons. The van der Waals surface area contributed by atoms with Crippen molar-refractivity contribution < 1.29 is 14.6 Å². The number of ether oxygens (including phenoxy) is 2. The Balaban J connectivity index is 1.35. The zero-order valence-electron chi connectivity index (χ0n) is 23.0. The van der Waals surface area contributed by atoms with Crippen molar-refractivity contribution in [2.24, 2.45) is 0 Å². The molecule has 200 valence electrons. The second-order valence-corrected chi connectivity index (χ2v) is 10.7. The first-order valence-corrected chi connectivity index (χ1v) is 14.0. The summed E-state index contributed by atoms with van der Waals surface area (Å²) in [5, 5.41) is 11.3. The number of rotatable bonds is 9. The fourth-order valence-corrected chi connectivity index (χ4v) is 5.54. The predicted molar refractivity (Wildman–Crippen MR) is 155 cm³/mol. The summed E-state index contributed by atoms with van der Waals surface area (Å²) >= 11 is 0. The second kappa shape index (κ2) is 12.0. The Labute approximate surface area is 226 Å². The summed E-state index contributed by atoms with van der Waals surface area (Å²) < 4.78 is 14.3. The number of fused-ring (bicyclic) bond motifs is 1. The van der Waals surface area contributed by atoms with Gasteiger partial charge < -0.3 is 19.1 Å². The van der Waals surface area contributed by atoms with Crippen LogP contribution in [0.4, 0.5) is 0 Å². The van der Waals surface area contributed by atoms with E-state index >= 15 is 0 Å². The van der Waals surface area contributed by atoms with Gasteiger partial charge in [-0.1, -0.05) is 25.0 Å². The monoisotopic (exact) mass is 512 g/mol. The van der Waals surface area contributed by atoms with E-state index in [1.54, 1.807) is 6.07 Å². The average Bonchev–Trinajstić information content (AvgIpc) is 3.05. The number of phenolic OH excluding ortho intramolecular Hbond substituents is 1. The first kappa shape index (κ1) is 26.2. The molecule has 5 nitrogen and oxygen atoms in total. The van der Waals surface area contributed by atoms with Crippen LogP contribution in [0.5, 0.6) is 17.2 Å². The molecule has 3 aromatic carbocycles. The summed E-state index contributed by atoms with van der Waals surface area (Å²) in [7, 11) is 0. The van der Waals surface area contributed by atoms with Crippen LogP contribution < -0.4 is 9.47 Å². The number of benzene rings is 3. The van der Waals surface area contributed by atoms with Gasteiger partial charge in [-0.25, -0.2) is 0 Å². The van der Waals surface area contributed by atoms with Gasteiger partial charge in [0.05, 0.1) is 11.8 Å². The molecule has 0 amide bonds. The smallest absolute Gasteiger partial charge is 0.119 e. The van der Waals surface area contributed by atoms with Crippen molar-refractivity contribution in [2.75, 3.05) is 26.2 Å². The summed E-state index contributed by atoms with van der Waals surface area (Å²) in [6, 6.07) is 22.4. The first-order valence-electron chi connectivity index (χ1n) is 14.0. The first-order chi connectivity index (χ1) is 18.5. The molecule has 0 bridgehead atoms. The summed E-state index contributed by atoms with van der Waals surface area (Å²) in [5.74, 6) is 2.07. The molecule has 1 fully saturated rings. The minimum atomic E-state index is 0.137. The van der Waals surface area contributed by atoms with E-state index < -0.39 is 0 Å². The highest BCUT2D eigenvalue weighted by atomic mass is 16.5. The van der Waals surface area contributed by atoms with Gasteiger partial charge in [0, 0.05) is 24.0 Å². The van der Waals surface area contributed by atoms with Gasteiger partial charge in [-0.15, -0.1) is 0 Å². The molecule has 5 rings (SSSR count). The van der Waals surface area contributed by atoms with Crippen LogP contribution >= 0.6 is 0 Å². The largest absolute Gasteiger partial charge is 0.508 e. The number of aromatic nitrogens is 1. The number of likely N-dealkylation sites (tertiary alicyclic amines) is 1. The zero-order valence-corrected chi connectivity index (χ0v) is 23.0. The molecule has 0 spiro atoms. The van der Waals surface area contributed by atoms with Crippen molar-refractivity contribution in [3.63, 3.8) is 0 Å². The zero-order chi connectivity index (χ0) is 26.5. The highest BCUT2D eigenvalue weighted by Gasteiger charge is 2.17. The lowest BCUT2D eigenvalue weighted by Gasteiger charge is -2.19. The van der Waals surface area contributed by atoms with Crippen LogP contribution in [-0.2, 0) is 6.54 Å². The third-order valence-electron chi connectivity index (χ3n) is 7.44. The van der Waals surface area contributed by atoms with Gasteiger partial charge in [0.25, 0.3) is 0 Å². The van der Waals surface area contributed by atoms with Gasteiger partial charge in [-0.2, -0.15) is 0 Å². The topological polar surface area (TPSA) is 46.9 Å². The number of hydrogen-bond donors (Lipinski definition) is 1. The Hall–Kier alpha value is -3.44. The number of hydrogen-bond acceptors (Lipinski definition) is 4. The number of phenols is 1. The molecule has 1 aliphatic rings. The predicted octanol–water partition coefficient (Wildman–Crippen LogP) is 7.41. The van der Waals surface area contributed by atoms with Crippen LogP contribution in [0.15, 0.2) is 66.7 Å². The van der Waals surface area contributed by atoms with E-state index in [-0.39, 0.29) is 11.9 Å². The Morgan fingerprint density at radius 2 is 1.53 bits per heavy atom. The molecule has 0 aliphatic carbocycles. The Bertz CT molecular complexity index is 1330. The van der Waals surface area contributed by atoms with E-state index in [1.165, 1.54) is 44.3 Å². The van der Waals surface area contributed by atoms with E-state index in [0.717, 1.165) is 58.9 Å². The highest BCUT2D eigenvalue weighted by molar-refractivity contribution is 5.92. The molecule has 4 aromatic rings. The molecular weight excluding hydrogens is 472 g/mol. The fourth-order valence-electron chi connectivity index (χ4n) is 5.54. The maximum atomic E-state index is 10.2. The van der Waals surface area contributed by atoms with Crippen LogP contribution in [0.25, 0.3) is 22.2 Å². The van der Waals surface area contributed by atoms with Gasteiger partial charge in [0.1, 0.15) is 23.9 Å². The normalized spacial score (nSPS) is 14.6. The fraction of sp³-hybridized carbons (Fsp3) is 0.394. The van der Waals surface area contributed by atoms with E-state index in [2.05, 4.69) is 52.8 Å². The molecule has 0 saturated carbocycles. The maximum absolute atomic E-state index is 10.2. The molecule has 0 unspecified atom stereocenters. The van der Waals surface area contributed by atoms with Crippen molar-refractivity contribution >= 4 is 10.9 Å². The lowest BCUT2D eigenvalue weighted by Crippen LogP contribution is -2.29. The van der Waals surface area contributed by atoms with E-state index in [4.69, 9.17) is 9.47 Å². The van der Waals surface area contributed by atoms with Crippen LogP contribution in [-0.4, -0.2) is 46.9 Å². The van der Waals surface area contributed by atoms with Crippen molar-refractivity contribution in [1.82, 2.24) is 9.47 Å². The lowest BCUT2D eigenvalue weighted by atomic mass is 10.1. The van der Waals surface area contributed by atoms with Crippen molar-refractivity contribution in [1.29, 1.82) is 0 Å². The van der Waals surface area contributed by atoms with E-state index in [1.807, 2.05) is 38.1 Å². The van der Waals surface area contributed by atoms with Crippen molar-refractivity contribution in [3.8, 4) is 28.5 Å². The van der Waals surface area contributed by atoms with Gasteiger partial charge in [-0.3, -0.25) is 4.90 Å². The molecule has 5 heteroatoms. The quantitative estimate of drug-likeness (QED) is 0.254. The molecule has 0 atom stereocenters. The molecule has 1 saturated heterocycles. The minimum Gasteiger partial charge on any atom is -0.508 e. The summed E-state index contributed by atoms with van der Waals surface area (Å²) in [4.78, 5) is 2.53. The van der Waals surface area contributed by atoms with E-state index in [0.29, 0.717) is 0 Å². The van der Waals surface area contributed by atoms with Crippen molar-refractivity contribution in [3.05, 3.63) is 77.9 Å². The molecular formula is C33H40N2O3. The second-order valence-electron chi connectivity index (χ2n) is 10.7. The van der Waals surface area contributed by atoms with Crippen LogP contribution in [0.2, 0.25) is 0 Å². The van der Waals surface area contributed by atoms with Crippen LogP contribution in [0.3, 0.4) is 0 Å². The SMILES string of the molecule is Cc1c(-c2ccc(OC(C)C)cc2)n(Cc2ccc(OCCN3CCCCCC3)cc2)c2ccc(O)cc12. The van der Waals surface area contributed by atoms with Gasteiger partial charge >= 0.3 is 0 Å². The molecule has 38 heavy (non-hydrogen) atoms. The van der Waals surface area contributed by atoms with E-state index in [9.17, 15) is 5.11 Å². The molecule has 1 aliphatic heterocycles. The minimum absolute atomic E-state index is 0.137. The summed E-state index contributed by atoms with van der Waals surface area (Å²) in [6.07, 6.45) is 5.46.